The van der Waals surface area contributed by atoms with Crippen molar-refractivity contribution in [2.45, 2.75) is 11.8 Å². The molecule has 2 N–H and O–H groups in total. The summed E-state index contributed by atoms with van der Waals surface area (Å²) in [5, 5.41) is 37.7. The quantitative estimate of drug-likeness (QED) is 0.492. The minimum absolute atomic E-state index is 0.0962. The molecule has 7 nitrogen and oxygen atoms in total. The van der Waals surface area contributed by atoms with Gasteiger partial charge in [0.1, 0.15) is 11.4 Å². The van der Waals surface area contributed by atoms with Crippen LogP contribution in [0.3, 0.4) is 0 Å². The van der Waals surface area contributed by atoms with Crippen molar-refractivity contribution in [3.63, 3.8) is 0 Å². The Morgan fingerprint density at radius 1 is 1.32 bits per heavy atom. The number of para-hydroxylation sites is 1. The molecule has 7 heteroatoms. The lowest BCUT2D eigenvalue weighted by molar-refractivity contribution is -0.564. The van der Waals surface area contributed by atoms with Crippen molar-refractivity contribution in [3.8, 4) is 5.75 Å². The standard InChI is InChI=1S/C12H11N3O4/c16-10-6-2-1-5-9(10)13-14-12(15(18)19)8-4-3-7-11(12)17/h1-8,11,16-17H. The Morgan fingerprint density at radius 3 is 2.68 bits per heavy atom. The van der Waals surface area contributed by atoms with Crippen molar-refractivity contribution in [2.75, 3.05) is 0 Å². The second-order valence-corrected chi connectivity index (χ2v) is 3.92. The van der Waals surface area contributed by atoms with Crippen molar-refractivity contribution < 1.29 is 15.1 Å². The van der Waals surface area contributed by atoms with Gasteiger partial charge in [0.15, 0.2) is 6.10 Å². The first kappa shape index (κ1) is 12.9. The van der Waals surface area contributed by atoms with E-state index in [-0.39, 0.29) is 11.4 Å². The topological polar surface area (TPSA) is 108 Å². The number of aliphatic hydroxyl groups excluding tert-OH is 1. The van der Waals surface area contributed by atoms with Crippen LogP contribution in [0.4, 0.5) is 5.69 Å². The molecule has 0 radical (unpaired) electrons. The van der Waals surface area contributed by atoms with E-state index in [9.17, 15) is 20.3 Å². The molecule has 0 aliphatic heterocycles. The number of phenolic OH excluding ortho intramolecular Hbond substituents is 1. The van der Waals surface area contributed by atoms with Crippen molar-refractivity contribution in [1.29, 1.82) is 0 Å². The van der Waals surface area contributed by atoms with Crippen LogP contribution in [0.15, 0.2) is 58.8 Å². The van der Waals surface area contributed by atoms with Crippen LogP contribution in [-0.2, 0) is 0 Å². The van der Waals surface area contributed by atoms with Crippen molar-refractivity contribution in [3.05, 3.63) is 58.7 Å². The van der Waals surface area contributed by atoms with E-state index in [4.69, 9.17) is 0 Å². The Morgan fingerprint density at radius 2 is 2.05 bits per heavy atom. The summed E-state index contributed by atoms with van der Waals surface area (Å²) in [6.45, 7) is 0. The number of aliphatic hydroxyl groups is 1. The molecule has 2 atom stereocenters. The van der Waals surface area contributed by atoms with Gasteiger partial charge in [-0.15, -0.1) is 10.2 Å². The number of phenols is 1. The highest BCUT2D eigenvalue weighted by molar-refractivity contribution is 5.49. The molecule has 1 aromatic rings. The summed E-state index contributed by atoms with van der Waals surface area (Å²) in [6.07, 6.45) is 3.90. The predicted molar refractivity (Wildman–Crippen MR) is 66.6 cm³/mol. The molecule has 2 rings (SSSR count). The third-order valence-electron chi connectivity index (χ3n) is 2.67. The molecule has 2 unspecified atom stereocenters. The number of rotatable bonds is 3. The van der Waals surface area contributed by atoms with Gasteiger partial charge in [-0.05, 0) is 18.2 Å². The maximum absolute atomic E-state index is 11.1. The summed E-state index contributed by atoms with van der Waals surface area (Å²) in [5.41, 5.74) is -1.96. The largest absolute Gasteiger partial charge is 0.506 e. The fourth-order valence-electron chi connectivity index (χ4n) is 1.59. The number of benzene rings is 1. The molecule has 0 saturated carbocycles. The molecule has 0 amide bonds. The summed E-state index contributed by atoms with van der Waals surface area (Å²) in [6, 6.07) is 6.05. The zero-order valence-corrected chi connectivity index (χ0v) is 9.75. The number of allylic oxidation sites excluding steroid dienone is 2. The molecule has 1 aliphatic rings. The van der Waals surface area contributed by atoms with E-state index in [0.29, 0.717) is 0 Å². The molecular weight excluding hydrogens is 250 g/mol. The van der Waals surface area contributed by atoms with Gasteiger partial charge in [0, 0.05) is 6.08 Å². The lowest BCUT2D eigenvalue weighted by atomic mass is 10.00. The Balaban J connectivity index is 2.38. The van der Waals surface area contributed by atoms with E-state index in [1.165, 1.54) is 30.4 Å². The van der Waals surface area contributed by atoms with Crippen LogP contribution in [0.25, 0.3) is 0 Å². The summed E-state index contributed by atoms with van der Waals surface area (Å²) in [7, 11) is 0. The van der Waals surface area contributed by atoms with Gasteiger partial charge in [-0.2, -0.15) is 0 Å². The number of hydrogen-bond acceptors (Lipinski definition) is 6. The first-order chi connectivity index (χ1) is 9.06. The van der Waals surface area contributed by atoms with Crippen LogP contribution in [0.2, 0.25) is 0 Å². The highest BCUT2D eigenvalue weighted by Crippen LogP contribution is 2.30. The van der Waals surface area contributed by atoms with Gasteiger partial charge in [-0.3, -0.25) is 10.1 Å². The number of azo groups is 1. The number of hydrogen-bond donors (Lipinski definition) is 2. The average molecular weight is 261 g/mol. The van der Waals surface area contributed by atoms with Crippen LogP contribution in [0.1, 0.15) is 0 Å². The summed E-state index contributed by atoms with van der Waals surface area (Å²) in [5.74, 6) is -0.144. The minimum atomic E-state index is -2.06. The molecule has 19 heavy (non-hydrogen) atoms. The highest BCUT2D eigenvalue weighted by Gasteiger charge is 2.48. The van der Waals surface area contributed by atoms with Crippen LogP contribution >= 0.6 is 0 Å². The first-order valence-corrected chi connectivity index (χ1v) is 5.46. The molecule has 0 spiro atoms. The zero-order valence-electron chi connectivity index (χ0n) is 9.75. The van der Waals surface area contributed by atoms with E-state index < -0.39 is 16.7 Å². The van der Waals surface area contributed by atoms with Gasteiger partial charge < -0.3 is 10.2 Å². The van der Waals surface area contributed by atoms with Crippen LogP contribution < -0.4 is 0 Å². The summed E-state index contributed by atoms with van der Waals surface area (Å²) in [4.78, 5) is 10.4. The Bertz CT molecular complexity index is 582. The maximum Gasteiger partial charge on any atom is 0.377 e. The lowest BCUT2D eigenvalue weighted by Gasteiger charge is -2.21. The molecular formula is C12H11N3O4. The van der Waals surface area contributed by atoms with Crippen LogP contribution in [-0.4, -0.2) is 26.9 Å². The molecule has 1 aliphatic carbocycles. The van der Waals surface area contributed by atoms with Gasteiger partial charge in [0.05, 0.1) is 4.92 Å². The van der Waals surface area contributed by atoms with E-state index in [2.05, 4.69) is 10.2 Å². The zero-order chi connectivity index (χ0) is 13.9. The van der Waals surface area contributed by atoms with Gasteiger partial charge in [0.25, 0.3) is 0 Å². The third kappa shape index (κ3) is 2.36. The first-order valence-electron chi connectivity index (χ1n) is 5.46. The average Bonchev–Trinajstić information content (AvgIpc) is 2.39. The minimum Gasteiger partial charge on any atom is -0.506 e. The summed E-state index contributed by atoms with van der Waals surface area (Å²) < 4.78 is 0. The highest BCUT2D eigenvalue weighted by atomic mass is 16.6. The Hall–Kier alpha value is -2.54. The molecule has 1 aromatic carbocycles. The smallest absolute Gasteiger partial charge is 0.377 e. The Kier molecular flexibility index (Phi) is 3.39. The predicted octanol–water partition coefficient (Wildman–Crippen LogP) is 1.94. The fraction of sp³-hybridized carbons (Fsp3) is 0.167. The molecule has 0 aromatic heterocycles. The van der Waals surface area contributed by atoms with Crippen molar-refractivity contribution in [1.82, 2.24) is 0 Å². The Labute approximate surface area is 108 Å². The van der Waals surface area contributed by atoms with Crippen molar-refractivity contribution in [2.24, 2.45) is 10.2 Å². The van der Waals surface area contributed by atoms with Gasteiger partial charge in [-0.1, -0.05) is 24.3 Å². The monoisotopic (exact) mass is 261 g/mol. The van der Waals surface area contributed by atoms with Gasteiger partial charge in [0.2, 0.25) is 0 Å². The third-order valence-corrected chi connectivity index (χ3v) is 2.67. The number of nitrogens with zero attached hydrogens (tertiary/aromatic N) is 3. The van der Waals surface area contributed by atoms with E-state index in [1.54, 1.807) is 12.1 Å². The molecule has 98 valence electrons. The number of aromatic hydroxyl groups is 1. The molecule has 0 bridgehead atoms. The molecule has 0 fully saturated rings. The second-order valence-electron chi connectivity index (χ2n) is 3.92. The SMILES string of the molecule is O=[N+]([O-])C1(N=Nc2ccccc2O)C=CC=CC1O. The van der Waals surface area contributed by atoms with Crippen LogP contribution in [0.5, 0.6) is 5.75 Å². The van der Waals surface area contributed by atoms with E-state index in [0.717, 1.165) is 6.08 Å². The normalized spacial score (nSPS) is 25.8. The lowest BCUT2D eigenvalue weighted by Crippen LogP contribution is -2.45. The van der Waals surface area contributed by atoms with E-state index >= 15 is 0 Å². The molecule has 0 heterocycles. The summed E-state index contributed by atoms with van der Waals surface area (Å²) >= 11 is 0. The van der Waals surface area contributed by atoms with Gasteiger partial charge in [-0.25, -0.2) is 0 Å². The van der Waals surface area contributed by atoms with Crippen LogP contribution in [0, 0.1) is 10.1 Å². The van der Waals surface area contributed by atoms with Gasteiger partial charge >= 0.3 is 5.66 Å². The number of nitro groups is 1. The molecule has 0 saturated heterocycles. The maximum atomic E-state index is 11.1. The fourth-order valence-corrected chi connectivity index (χ4v) is 1.59. The van der Waals surface area contributed by atoms with E-state index in [1.807, 2.05) is 0 Å². The second kappa shape index (κ2) is 4.99. The van der Waals surface area contributed by atoms with Crippen molar-refractivity contribution >= 4 is 5.69 Å².